The zero-order valence-corrected chi connectivity index (χ0v) is 32.1. The molecule has 16 heteroatoms. The molecular formula is C38H58N8O8. The van der Waals surface area contributed by atoms with Gasteiger partial charge in [0.25, 0.3) is 0 Å². The maximum atomic E-state index is 13.5. The molecule has 0 aromatic carbocycles. The first-order valence-corrected chi connectivity index (χ1v) is 19.6. The number of carbonyl (C=O) groups excluding carboxylic acids is 3. The molecule has 298 valence electrons. The van der Waals surface area contributed by atoms with Crippen LogP contribution in [0.15, 0.2) is 12.4 Å². The summed E-state index contributed by atoms with van der Waals surface area (Å²) in [6.45, 7) is 1.23. The normalized spacial score (nSPS) is 27.0. The molecule has 2 aromatic rings. The molecule has 16 nitrogen and oxygen atoms in total. The smallest absolute Gasteiger partial charge is 0.407 e. The van der Waals surface area contributed by atoms with Crippen molar-refractivity contribution in [2.45, 2.75) is 113 Å². The second-order valence-corrected chi connectivity index (χ2v) is 15.6. The number of likely N-dealkylation sites (tertiary alicyclic amines) is 2. The highest BCUT2D eigenvalue weighted by Crippen LogP contribution is 2.46. The van der Waals surface area contributed by atoms with Crippen LogP contribution in [-0.4, -0.2) is 131 Å². The SMILES string of the molecule is COC[C@H](NC(=O)OC)C(=O)N1CCC[C@H]1c1ncc(C2CCC(C3CCC(c4cnc([C@@H]5CCCN5C(=O)[C@H](COC)N(C)C(=O)O)[nH]4)CC3)CC2)[nH]1. The summed E-state index contributed by atoms with van der Waals surface area (Å²) in [5, 5.41) is 12.1. The maximum absolute atomic E-state index is 13.5. The monoisotopic (exact) mass is 754 g/mol. The minimum Gasteiger partial charge on any atom is -0.465 e. The van der Waals surface area contributed by atoms with E-state index in [1.807, 2.05) is 12.4 Å². The Bertz CT molecular complexity index is 1580. The average Bonchev–Trinajstić information content (AvgIpc) is 4.03. The summed E-state index contributed by atoms with van der Waals surface area (Å²) >= 11 is 0. The van der Waals surface area contributed by atoms with Crippen LogP contribution in [0.2, 0.25) is 0 Å². The van der Waals surface area contributed by atoms with Gasteiger partial charge in [0.05, 0.1) is 32.4 Å². The van der Waals surface area contributed by atoms with Gasteiger partial charge in [-0.3, -0.25) is 14.5 Å². The van der Waals surface area contributed by atoms with Crippen molar-refractivity contribution in [3.8, 4) is 0 Å². The van der Waals surface area contributed by atoms with Gasteiger partial charge < -0.3 is 44.4 Å². The third kappa shape index (κ3) is 8.69. The highest BCUT2D eigenvalue weighted by atomic mass is 16.5. The van der Waals surface area contributed by atoms with Gasteiger partial charge in [0.2, 0.25) is 11.8 Å². The number of carbonyl (C=O) groups is 4. The lowest BCUT2D eigenvalue weighted by Gasteiger charge is -2.37. The number of nitrogens with zero attached hydrogens (tertiary/aromatic N) is 5. The molecule has 54 heavy (non-hydrogen) atoms. The average molecular weight is 755 g/mol. The van der Waals surface area contributed by atoms with Crippen LogP contribution in [0.3, 0.4) is 0 Å². The molecule has 0 radical (unpaired) electrons. The fourth-order valence-electron chi connectivity index (χ4n) is 9.46. The molecule has 2 aliphatic carbocycles. The van der Waals surface area contributed by atoms with Crippen molar-refractivity contribution in [2.24, 2.45) is 11.8 Å². The van der Waals surface area contributed by atoms with E-state index in [1.54, 1.807) is 9.80 Å². The van der Waals surface area contributed by atoms with Crippen LogP contribution in [0.5, 0.6) is 0 Å². The van der Waals surface area contributed by atoms with E-state index < -0.39 is 24.3 Å². The van der Waals surface area contributed by atoms with Gasteiger partial charge >= 0.3 is 12.2 Å². The molecule has 0 unspecified atom stereocenters. The van der Waals surface area contributed by atoms with Gasteiger partial charge in [-0.1, -0.05) is 0 Å². The Hall–Kier alpha value is -4.18. The molecule has 2 aromatic heterocycles. The van der Waals surface area contributed by atoms with Crippen molar-refractivity contribution in [2.75, 3.05) is 54.7 Å². The number of rotatable bonds is 13. The number of carboxylic acid groups (broad SMARTS) is 1. The van der Waals surface area contributed by atoms with Crippen LogP contribution in [0.4, 0.5) is 9.59 Å². The number of hydrogen-bond donors (Lipinski definition) is 4. The third-order valence-electron chi connectivity index (χ3n) is 12.5. The Morgan fingerprint density at radius 3 is 1.70 bits per heavy atom. The van der Waals surface area contributed by atoms with E-state index in [4.69, 9.17) is 24.2 Å². The number of alkyl carbamates (subject to hydrolysis) is 1. The molecule has 2 aliphatic heterocycles. The fraction of sp³-hybridized carbons (Fsp3) is 0.737. The van der Waals surface area contributed by atoms with Crippen LogP contribution in [0.25, 0.3) is 0 Å². The predicted molar refractivity (Wildman–Crippen MR) is 197 cm³/mol. The number of hydrogen-bond acceptors (Lipinski definition) is 9. The molecule has 4 fully saturated rings. The standard InChI is InChI=1S/C38H58N8O8/c1-44(38(50)51)32(22-53-3)36(48)46-18-6-8-31(46)34-40-20-28(42-34)26-15-11-24(12-16-26)23-9-13-25(14-10-23)27-19-39-33(41-27)30-7-5-17-45(30)35(47)29(21-52-2)43-37(49)54-4/h19-20,23-26,29-32H,5-18,21-22H2,1-4H3,(H,39,41)(H,40,42)(H,43,49)(H,50,51)/t23?,24?,25?,26?,29-,30-,31-,32-/m0/s1. The fourth-order valence-corrected chi connectivity index (χ4v) is 9.46. The number of amides is 4. The summed E-state index contributed by atoms with van der Waals surface area (Å²) in [7, 11) is 5.65. The van der Waals surface area contributed by atoms with Crippen LogP contribution >= 0.6 is 0 Å². The van der Waals surface area contributed by atoms with Gasteiger partial charge in [-0.05, 0) is 88.9 Å². The minimum atomic E-state index is -1.16. The number of likely N-dealkylation sites (N-methyl/N-ethyl adjacent to an activating group) is 1. The highest BCUT2D eigenvalue weighted by Gasteiger charge is 2.40. The summed E-state index contributed by atoms with van der Waals surface area (Å²) in [6, 6.07) is -2.09. The topological polar surface area (TPSA) is 195 Å². The number of imidazole rings is 2. The van der Waals surface area contributed by atoms with Gasteiger partial charge in [-0.15, -0.1) is 0 Å². The van der Waals surface area contributed by atoms with E-state index in [1.165, 1.54) is 54.1 Å². The zero-order valence-electron chi connectivity index (χ0n) is 32.1. The molecule has 0 bridgehead atoms. The van der Waals surface area contributed by atoms with E-state index in [0.717, 1.165) is 79.3 Å². The van der Waals surface area contributed by atoms with E-state index in [9.17, 15) is 24.3 Å². The molecule has 4 atom stereocenters. The van der Waals surface area contributed by atoms with Crippen molar-refractivity contribution in [3.05, 3.63) is 35.4 Å². The summed E-state index contributed by atoms with van der Waals surface area (Å²) in [6.07, 6.45) is 14.6. The molecule has 6 rings (SSSR count). The molecule has 4 N–H and O–H groups in total. The number of aromatic amines is 2. The second kappa shape index (κ2) is 18.0. The van der Waals surface area contributed by atoms with Gasteiger partial charge in [-0.25, -0.2) is 19.6 Å². The number of H-pyrrole nitrogens is 2. The van der Waals surface area contributed by atoms with E-state index in [0.29, 0.717) is 36.8 Å². The summed E-state index contributed by atoms with van der Waals surface area (Å²) < 4.78 is 15.1. The Morgan fingerprint density at radius 1 is 0.778 bits per heavy atom. The lowest BCUT2D eigenvalue weighted by atomic mass is 9.68. The summed E-state index contributed by atoms with van der Waals surface area (Å²) in [4.78, 5) is 71.7. The molecule has 2 saturated carbocycles. The Labute approximate surface area is 317 Å². The van der Waals surface area contributed by atoms with Crippen molar-refractivity contribution in [1.82, 2.24) is 40.0 Å². The van der Waals surface area contributed by atoms with Crippen LogP contribution < -0.4 is 5.32 Å². The van der Waals surface area contributed by atoms with Gasteiger partial charge in [0, 0.05) is 70.0 Å². The van der Waals surface area contributed by atoms with E-state index in [2.05, 4.69) is 15.3 Å². The first-order valence-electron chi connectivity index (χ1n) is 19.6. The minimum absolute atomic E-state index is 0.00213. The third-order valence-corrected chi connectivity index (χ3v) is 12.5. The number of ether oxygens (including phenoxy) is 3. The van der Waals surface area contributed by atoms with Gasteiger partial charge in [0.1, 0.15) is 23.7 Å². The molecule has 0 spiro atoms. The summed E-state index contributed by atoms with van der Waals surface area (Å²) in [5.74, 6) is 3.41. The van der Waals surface area contributed by atoms with Crippen molar-refractivity contribution in [1.29, 1.82) is 0 Å². The first kappa shape index (κ1) is 39.5. The van der Waals surface area contributed by atoms with Crippen molar-refractivity contribution in [3.63, 3.8) is 0 Å². The van der Waals surface area contributed by atoms with Crippen molar-refractivity contribution < 1.29 is 38.5 Å². The van der Waals surface area contributed by atoms with Gasteiger partial charge in [0.15, 0.2) is 0 Å². The van der Waals surface area contributed by atoms with Crippen LogP contribution in [0.1, 0.15) is 124 Å². The Kier molecular flexibility index (Phi) is 13.1. The molecule has 4 amide bonds. The van der Waals surface area contributed by atoms with E-state index >= 15 is 0 Å². The molecule has 4 heterocycles. The van der Waals surface area contributed by atoms with E-state index in [-0.39, 0.29) is 37.1 Å². The van der Waals surface area contributed by atoms with Gasteiger partial charge in [-0.2, -0.15) is 0 Å². The van der Waals surface area contributed by atoms with Crippen LogP contribution in [0, 0.1) is 11.8 Å². The summed E-state index contributed by atoms with van der Waals surface area (Å²) in [5.41, 5.74) is 2.28. The number of aromatic nitrogens is 4. The Balaban J connectivity index is 0.985. The quantitative estimate of drug-likeness (QED) is 0.223. The lowest BCUT2D eigenvalue weighted by molar-refractivity contribution is -0.139. The number of nitrogens with one attached hydrogen (secondary N) is 3. The van der Waals surface area contributed by atoms with Crippen molar-refractivity contribution >= 4 is 24.0 Å². The van der Waals surface area contributed by atoms with Crippen LogP contribution in [-0.2, 0) is 23.8 Å². The second-order valence-electron chi connectivity index (χ2n) is 15.6. The molecule has 4 aliphatic rings. The Morgan fingerprint density at radius 2 is 1.26 bits per heavy atom. The zero-order chi connectivity index (χ0) is 38.4. The highest BCUT2D eigenvalue weighted by molar-refractivity contribution is 5.87. The predicted octanol–water partition coefficient (Wildman–Crippen LogP) is 4.70. The lowest BCUT2D eigenvalue weighted by Crippen LogP contribution is -2.51. The molecular weight excluding hydrogens is 696 g/mol. The largest absolute Gasteiger partial charge is 0.465 e. The first-order chi connectivity index (χ1) is 26.1. The molecule has 2 saturated heterocycles. The number of methoxy groups -OCH3 is 3. The maximum Gasteiger partial charge on any atom is 0.407 e.